The van der Waals surface area contributed by atoms with Gasteiger partial charge in [-0.15, -0.1) is 0 Å². The molecular formula is C11H17ClFN3O2S. The lowest BCUT2D eigenvalue weighted by atomic mass is 10.1. The van der Waals surface area contributed by atoms with Gasteiger partial charge in [0.05, 0.1) is 22.7 Å². The van der Waals surface area contributed by atoms with Crippen LogP contribution in [0.5, 0.6) is 0 Å². The predicted molar refractivity (Wildman–Crippen MR) is 76.4 cm³/mol. The molecule has 8 heteroatoms. The van der Waals surface area contributed by atoms with Crippen LogP contribution in [-0.4, -0.2) is 26.8 Å². The third-order valence-corrected chi connectivity index (χ3v) is 3.49. The summed E-state index contributed by atoms with van der Waals surface area (Å²) in [6, 6.07) is 2.48. The van der Waals surface area contributed by atoms with Gasteiger partial charge < -0.3 is 11.1 Å². The van der Waals surface area contributed by atoms with Gasteiger partial charge in [0, 0.05) is 18.2 Å². The number of hydrogen-bond acceptors (Lipinski definition) is 4. The van der Waals surface area contributed by atoms with Crippen LogP contribution in [0.1, 0.15) is 13.8 Å². The molecule has 0 aliphatic carbocycles. The zero-order valence-corrected chi connectivity index (χ0v) is 12.5. The van der Waals surface area contributed by atoms with E-state index in [0.29, 0.717) is 5.69 Å². The number of anilines is 2. The molecule has 0 radical (unpaired) electrons. The summed E-state index contributed by atoms with van der Waals surface area (Å²) in [5.74, 6) is -0.599. The average Bonchev–Trinajstić information content (AvgIpc) is 2.18. The van der Waals surface area contributed by atoms with E-state index in [2.05, 4.69) is 10.0 Å². The van der Waals surface area contributed by atoms with Gasteiger partial charge >= 0.3 is 0 Å². The number of sulfonamides is 1. The Kier molecular flexibility index (Phi) is 4.65. The third-order valence-electron chi connectivity index (χ3n) is 2.27. The summed E-state index contributed by atoms with van der Waals surface area (Å²) in [5.41, 5.74) is 5.58. The SMILES string of the molecule is CC(C)(CNc1cc(Cl)c(F)cc1N)NS(C)(=O)=O. The van der Waals surface area contributed by atoms with Crippen LogP contribution >= 0.6 is 11.6 Å². The lowest BCUT2D eigenvalue weighted by Gasteiger charge is -2.26. The van der Waals surface area contributed by atoms with Crippen LogP contribution in [0.25, 0.3) is 0 Å². The highest BCUT2D eigenvalue weighted by molar-refractivity contribution is 7.88. The fourth-order valence-corrected chi connectivity index (χ4v) is 2.81. The quantitative estimate of drug-likeness (QED) is 0.724. The second-order valence-corrected chi connectivity index (χ2v) is 7.12. The number of halogens is 2. The monoisotopic (exact) mass is 309 g/mol. The molecule has 1 rings (SSSR count). The van der Waals surface area contributed by atoms with Gasteiger partial charge in [-0.1, -0.05) is 11.6 Å². The first-order chi connectivity index (χ1) is 8.50. The van der Waals surface area contributed by atoms with E-state index in [4.69, 9.17) is 17.3 Å². The number of benzene rings is 1. The van der Waals surface area contributed by atoms with Crippen molar-refractivity contribution < 1.29 is 12.8 Å². The van der Waals surface area contributed by atoms with E-state index in [9.17, 15) is 12.8 Å². The molecule has 1 aromatic carbocycles. The molecule has 0 bridgehead atoms. The molecule has 0 saturated carbocycles. The van der Waals surface area contributed by atoms with Crippen molar-refractivity contribution in [1.29, 1.82) is 0 Å². The van der Waals surface area contributed by atoms with Crippen molar-refractivity contribution in [3.63, 3.8) is 0 Å². The summed E-state index contributed by atoms with van der Waals surface area (Å²) in [4.78, 5) is 0. The maximum absolute atomic E-state index is 13.1. The van der Waals surface area contributed by atoms with Crippen LogP contribution in [0.3, 0.4) is 0 Å². The predicted octanol–water partition coefficient (Wildman–Crippen LogP) is 1.80. The summed E-state index contributed by atoms with van der Waals surface area (Å²) >= 11 is 5.66. The molecule has 0 aliphatic heterocycles. The van der Waals surface area contributed by atoms with E-state index in [1.807, 2.05) is 0 Å². The highest BCUT2D eigenvalue weighted by atomic mass is 35.5. The number of nitrogens with one attached hydrogen (secondary N) is 2. The van der Waals surface area contributed by atoms with Crippen molar-refractivity contribution in [1.82, 2.24) is 4.72 Å². The number of hydrogen-bond donors (Lipinski definition) is 3. The highest BCUT2D eigenvalue weighted by Gasteiger charge is 2.22. The molecule has 0 aromatic heterocycles. The zero-order chi connectivity index (χ0) is 14.8. The molecule has 0 atom stereocenters. The second-order valence-electron chi connectivity index (χ2n) is 4.97. The van der Waals surface area contributed by atoms with Crippen LogP contribution in [-0.2, 0) is 10.0 Å². The average molecular weight is 310 g/mol. The Labute approximate surface area is 117 Å². The van der Waals surface area contributed by atoms with Gasteiger partial charge in [0.25, 0.3) is 0 Å². The smallest absolute Gasteiger partial charge is 0.209 e. The third kappa shape index (κ3) is 5.22. The first-order valence-electron chi connectivity index (χ1n) is 5.47. The molecule has 1 aromatic rings. The minimum Gasteiger partial charge on any atom is -0.397 e. The van der Waals surface area contributed by atoms with Crippen molar-refractivity contribution >= 4 is 33.0 Å². The van der Waals surface area contributed by atoms with E-state index in [0.717, 1.165) is 12.3 Å². The van der Waals surface area contributed by atoms with Gasteiger partial charge in [0.15, 0.2) is 0 Å². The maximum Gasteiger partial charge on any atom is 0.209 e. The Morgan fingerprint density at radius 1 is 1.42 bits per heavy atom. The van der Waals surface area contributed by atoms with E-state index >= 15 is 0 Å². The number of nitrogens with two attached hydrogens (primary N) is 1. The normalized spacial score (nSPS) is 12.5. The van der Waals surface area contributed by atoms with E-state index < -0.39 is 21.4 Å². The molecule has 108 valence electrons. The van der Waals surface area contributed by atoms with E-state index in [-0.39, 0.29) is 17.3 Å². The van der Waals surface area contributed by atoms with Crippen molar-refractivity contribution in [3.8, 4) is 0 Å². The lowest BCUT2D eigenvalue weighted by molar-refractivity contribution is 0.476. The maximum atomic E-state index is 13.1. The van der Waals surface area contributed by atoms with Gasteiger partial charge in [0.1, 0.15) is 5.82 Å². The molecule has 0 unspecified atom stereocenters. The van der Waals surface area contributed by atoms with Crippen molar-refractivity contribution in [2.24, 2.45) is 0 Å². The fourth-order valence-electron chi connectivity index (χ4n) is 1.57. The van der Waals surface area contributed by atoms with Crippen LogP contribution in [0.15, 0.2) is 12.1 Å². The molecule has 0 fully saturated rings. The molecule has 0 saturated heterocycles. The van der Waals surface area contributed by atoms with Crippen LogP contribution in [0.2, 0.25) is 5.02 Å². The Hall–Kier alpha value is -1.05. The largest absolute Gasteiger partial charge is 0.397 e. The Balaban J connectivity index is 2.79. The summed E-state index contributed by atoms with van der Waals surface area (Å²) < 4.78 is 38.0. The first kappa shape index (κ1) is 16.0. The van der Waals surface area contributed by atoms with Crippen LogP contribution in [0, 0.1) is 5.82 Å². The Morgan fingerprint density at radius 3 is 2.53 bits per heavy atom. The Bertz CT molecular complexity index is 576. The van der Waals surface area contributed by atoms with Crippen molar-refractivity contribution in [3.05, 3.63) is 23.0 Å². The topological polar surface area (TPSA) is 84.2 Å². The van der Waals surface area contributed by atoms with Gasteiger partial charge in [-0.2, -0.15) is 0 Å². The molecule has 5 nitrogen and oxygen atoms in total. The second kappa shape index (κ2) is 5.52. The molecule has 4 N–H and O–H groups in total. The molecule has 0 spiro atoms. The summed E-state index contributed by atoms with van der Waals surface area (Å²) in [5, 5.41) is 2.89. The molecule has 0 heterocycles. The standard InChI is InChI=1S/C11H17ClFN3O2S/c1-11(2,16-19(3,17)18)6-15-10-4-7(12)8(13)5-9(10)14/h4-5,15-16H,6,14H2,1-3H3. The summed E-state index contributed by atoms with van der Waals surface area (Å²) in [6.45, 7) is 3.69. The van der Waals surface area contributed by atoms with Crippen LogP contribution in [0.4, 0.5) is 15.8 Å². The summed E-state index contributed by atoms with van der Waals surface area (Å²) in [6.07, 6.45) is 1.08. The van der Waals surface area contributed by atoms with Gasteiger partial charge in [-0.05, 0) is 19.9 Å². The van der Waals surface area contributed by atoms with Gasteiger partial charge in [-0.3, -0.25) is 0 Å². The van der Waals surface area contributed by atoms with Crippen molar-refractivity contribution in [2.45, 2.75) is 19.4 Å². The first-order valence-corrected chi connectivity index (χ1v) is 7.74. The van der Waals surface area contributed by atoms with Crippen LogP contribution < -0.4 is 15.8 Å². The van der Waals surface area contributed by atoms with E-state index in [1.165, 1.54) is 6.07 Å². The fraction of sp³-hybridized carbons (Fsp3) is 0.455. The minimum atomic E-state index is -3.32. The summed E-state index contributed by atoms with van der Waals surface area (Å²) in [7, 11) is -3.32. The number of rotatable bonds is 5. The molecule has 19 heavy (non-hydrogen) atoms. The van der Waals surface area contributed by atoms with Crippen molar-refractivity contribution in [2.75, 3.05) is 23.9 Å². The molecule has 0 amide bonds. The zero-order valence-electron chi connectivity index (χ0n) is 10.9. The lowest BCUT2D eigenvalue weighted by Crippen LogP contribution is -2.47. The Morgan fingerprint density at radius 2 is 2.00 bits per heavy atom. The molecule has 0 aliphatic rings. The van der Waals surface area contributed by atoms with E-state index in [1.54, 1.807) is 13.8 Å². The minimum absolute atomic E-state index is 0.0504. The van der Waals surface area contributed by atoms with Gasteiger partial charge in [0.2, 0.25) is 10.0 Å². The molecular weight excluding hydrogens is 293 g/mol. The highest BCUT2D eigenvalue weighted by Crippen LogP contribution is 2.26. The number of nitrogen functional groups attached to an aromatic ring is 1. The van der Waals surface area contributed by atoms with Gasteiger partial charge in [-0.25, -0.2) is 17.5 Å².